The van der Waals surface area contributed by atoms with Gasteiger partial charge in [0.2, 0.25) is 5.95 Å². The molecule has 1 atom stereocenters. The molecule has 94 valence electrons. The van der Waals surface area contributed by atoms with Crippen molar-refractivity contribution in [1.82, 2.24) is 14.6 Å². The van der Waals surface area contributed by atoms with Crippen molar-refractivity contribution in [3.8, 4) is 0 Å². The molecule has 1 unspecified atom stereocenters. The van der Waals surface area contributed by atoms with Gasteiger partial charge >= 0.3 is 0 Å². The number of hydrogen-bond donors (Lipinski definition) is 0. The summed E-state index contributed by atoms with van der Waals surface area (Å²) < 4.78 is 19.0. The van der Waals surface area contributed by atoms with Gasteiger partial charge in [0.25, 0.3) is 7.52 Å². The number of piperazine rings is 1. The third-order valence-corrected chi connectivity index (χ3v) is 5.05. The lowest BCUT2D eigenvalue weighted by atomic mass is 10.4. The maximum absolute atomic E-state index is 12.0. The first-order chi connectivity index (χ1) is 8.13. The van der Waals surface area contributed by atoms with Gasteiger partial charge in [-0.25, -0.2) is 14.6 Å². The summed E-state index contributed by atoms with van der Waals surface area (Å²) in [6, 6.07) is 1.80. The lowest BCUT2D eigenvalue weighted by molar-refractivity contribution is 0.299. The summed E-state index contributed by atoms with van der Waals surface area (Å²) in [5, 5.41) is 0. The molecule has 1 saturated heterocycles. The Morgan fingerprint density at radius 2 is 1.82 bits per heavy atom. The Hall–Kier alpha value is -0.970. The minimum atomic E-state index is -2.60. The highest BCUT2D eigenvalue weighted by molar-refractivity contribution is 7.55. The molecule has 1 aromatic rings. The van der Waals surface area contributed by atoms with Crippen LogP contribution in [-0.2, 0) is 9.09 Å². The Labute approximate surface area is 101 Å². The van der Waals surface area contributed by atoms with Gasteiger partial charge in [0.1, 0.15) is 0 Å². The SMILES string of the molecule is COP(C)(=O)N1CCN(c2ncccn2)CC1. The minimum absolute atomic E-state index is 0.708. The van der Waals surface area contributed by atoms with Crippen molar-refractivity contribution in [2.75, 3.05) is 44.9 Å². The van der Waals surface area contributed by atoms with Crippen molar-refractivity contribution in [2.24, 2.45) is 0 Å². The van der Waals surface area contributed by atoms with Crippen LogP contribution in [0.2, 0.25) is 0 Å². The van der Waals surface area contributed by atoms with Crippen LogP contribution in [-0.4, -0.2) is 54.6 Å². The molecule has 17 heavy (non-hydrogen) atoms. The molecule has 6 nitrogen and oxygen atoms in total. The van der Waals surface area contributed by atoms with E-state index in [-0.39, 0.29) is 0 Å². The topological polar surface area (TPSA) is 58.6 Å². The fourth-order valence-electron chi connectivity index (χ4n) is 1.83. The van der Waals surface area contributed by atoms with Crippen LogP contribution in [0.5, 0.6) is 0 Å². The van der Waals surface area contributed by atoms with E-state index in [0.717, 1.165) is 19.0 Å². The quantitative estimate of drug-likeness (QED) is 0.754. The third kappa shape index (κ3) is 2.83. The highest BCUT2D eigenvalue weighted by atomic mass is 31.2. The van der Waals surface area contributed by atoms with E-state index in [0.29, 0.717) is 13.1 Å². The summed E-state index contributed by atoms with van der Waals surface area (Å²) in [4.78, 5) is 10.5. The van der Waals surface area contributed by atoms with Crippen molar-refractivity contribution in [2.45, 2.75) is 0 Å². The molecule has 1 aliphatic rings. The fraction of sp³-hybridized carbons (Fsp3) is 0.600. The smallest absolute Gasteiger partial charge is 0.269 e. The summed E-state index contributed by atoms with van der Waals surface area (Å²) in [6.45, 7) is 4.61. The second-order valence-corrected chi connectivity index (χ2v) is 6.51. The Balaban J connectivity index is 1.97. The zero-order chi connectivity index (χ0) is 12.3. The number of rotatable bonds is 3. The Morgan fingerprint density at radius 1 is 1.24 bits per heavy atom. The zero-order valence-corrected chi connectivity index (χ0v) is 11.0. The molecule has 1 aromatic heterocycles. The second-order valence-electron chi connectivity index (χ2n) is 3.98. The molecule has 0 saturated carbocycles. The molecule has 0 bridgehead atoms. The van der Waals surface area contributed by atoms with Crippen LogP contribution in [0, 0.1) is 0 Å². The Kier molecular flexibility index (Phi) is 3.76. The third-order valence-electron chi connectivity index (χ3n) is 2.94. The van der Waals surface area contributed by atoms with Gasteiger partial charge in [0.05, 0.1) is 0 Å². The molecule has 0 aromatic carbocycles. The molecular formula is C10H17N4O2P. The average molecular weight is 256 g/mol. The fourth-order valence-corrected chi connectivity index (χ4v) is 2.97. The maximum atomic E-state index is 12.0. The van der Waals surface area contributed by atoms with Crippen molar-refractivity contribution in [1.29, 1.82) is 0 Å². The first kappa shape index (κ1) is 12.5. The standard InChI is InChI=1S/C10H17N4O2P/c1-16-17(2,15)14-8-6-13(7-9-14)10-11-4-3-5-12-10/h3-5H,6-9H2,1-2H3. The lowest BCUT2D eigenvalue weighted by Crippen LogP contribution is -2.45. The normalized spacial score (nSPS) is 21.2. The van der Waals surface area contributed by atoms with Crippen LogP contribution >= 0.6 is 7.52 Å². The first-order valence-corrected chi connectivity index (χ1v) is 7.56. The van der Waals surface area contributed by atoms with E-state index in [9.17, 15) is 4.57 Å². The van der Waals surface area contributed by atoms with Crippen LogP contribution in [0.25, 0.3) is 0 Å². The van der Waals surface area contributed by atoms with Gasteiger partial charge < -0.3 is 9.42 Å². The van der Waals surface area contributed by atoms with Gasteiger partial charge in [0, 0.05) is 52.3 Å². The van der Waals surface area contributed by atoms with Crippen LogP contribution in [0.3, 0.4) is 0 Å². The highest BCUT2D eigenvalue weighted by Gasteiger charge is 2.29. The van der Waals surface area contributed by atoms with Gasteiger partial charge in [-0.2, -0.15) is 0 Å². The lowest BCUT2D eigenvalue weighted by Gasteiger charge is -2.36. The van der Waals surface area contributed by atoms with E-state index in [1.807, 2.05) is 4.67 Å². The predicted octanol–water partition coefficient (Wildman–Crippen LogP) is 1.07. The molecule has 0 N–H and O–H groups in total. The summed E-state index contributed by atoms with van der Waals surface area (Å²) in [6.07, 6.45) is 3.46. The van der Waals surface area contributed by atoms with Gasteiger partial charge in [-0.05, 0) is 6.07 Å². The van der Waals surface area contributed by atoms with Crippen LogP contribution < -0.4 is 4.90 Å². The Bertz CT molecular complexity index is 406. The van der Waals surface area contributed by atoms with Gasteiger partial charge in [-0.15, -0.1) is 0 Å². The number of anilines is 1. The summed E-state index contributed by atoms with van der Waals surface area (Å²) in [5.41, 5.74) is 0. The molecule has 0 radical (unpaired) electrons. The maximum Gasteiger partial charge on any atom is 0.269 e. The molecule has 1 fully saturated rings. The monoisotopic (exact) mass is 256 g/mol. The molecule has 0 aliphatic carbocycles. The van der Waals surface area contributed by atoms with Crippen molar-refractivity contribution in [3.05, 3.63) is 18.5 Å². The summed E-state index contributed by atoms with van der Waals surface area (Å²) in [5.74, 6) is 0.732. The number of hydrogen-bond acceptors (Lipinski definition) is 5. The summed E-state index contributed by atoms with van der Waals surface area (Å²) in [7, 11) is -1.11. The average Bonchev–Trinajstić information content (AvgIpc) is 2.40. The van der Waals surface area contributed by atoms with Crippen molar-refractivity contribution < 1.29 is 9.09 Å². The van der Waals surface area contributed by atoms with Crippen LogP contribution in [0.15, 0.2) is 18.5 Å². The van der Waals surface area contributed by atoms with Gasteiger partial charge in [-0.1, -0.05) is 0 Å². The van der Waals surface area contributed by atoms with Crippen molar-refractivity contribution >= 4 is 13.5 Å². The zero-order valence-electron chi connectivity index (χ0n) is 10.1. The molecule has 2 heterocycles. The number of nitrogens with zero attached hydrogens (tertiary/aromatic N) is 4. The predicted molar refractivity (Wildman–Crippen MR) is 66.4 cm³/mol. The molecule has 0 amide bonds. The van der Waals surface area contributed by atoms with E-state index >= 15 is 0 Å². The van der Waals surface area contributed by atoms with Crippen LogP contribution in [0.4, 0.5) is 5.95 Å². The first-order valence-electron chi connectivity index (χ1n) is 5.54. The van der Waals surface area contributed by atoms with Gasteiger partial charge in [-0.3, -0.25) is 4.57 Å². The van der Waals surface area contributed by atoms with E-state index in [1.165, 1.54) is 7.11 Å². The molecule has 2 rings (SSSR count). The molecule has 7 heteroatoms. The van der Waals surface area contributed by atoms with Crippen LogP contribution in [0.1, 0.15) is 0 Å². The molecule has 0 spiro atoms. The number of aromatic nitrogens is 2. The molecular weight excluding hydrogens is 239 g/mol. The minimum Gasteiger partial charge on any atom is -0.338 e. The second kappa shape index (κ2) is 5.12. The molecule has 1 aliphatic heterocycles. The summed E-state index contributed by atoms with van der Waals surface area (Å²) >= 11 is 0. The van der Waals surface area contributed by atoms with E-state index in [2.05, 4.69) is 14.9 Å². The van der Waals surface area contributed by atoms with E-state index in [1.54, 1.807) is 25.1 Å². The van der Waals surface area contributed by atoms with Crippen molar-refractivity contribution in [3.63, 3.8) is 0 Å². The highest BCUT2D eigenvalue weighted by Crippen LogP contribution is 2.46. The van der Waals surface area contributed by atoms with Gasteiger partial charge in [0.15, 0.2) is 0 Å². The largest absolute Gasteiger partial charge is 0.338 e. The van der Waals surface area contributed by atoms with E-state index in [4.69, 9.17) is 4.52 Å². The Morgan fingerprint density at radius 3 is 2.35 bits per heavy atom. The van der Waals surface area contributed by atoms with E-state index < -0.39 is 7.52 Å².